The number of amides is 1. The van der Waals surface area contributed by atoms with E-state index >= 15 is 0 Å². The van der Waals surface area contributed by atoms with E-state index in [4.69, 9.17) is 9.47 Å². The summed E-state index contributed by atoms with van der Waals surface area (Å²) in [6, 6.07) is 5.79. The molecule has 2 rings (SSSR count). The molecule has 1 aliphatic heterocycles. The monoisotopic (exact) mass is 406 g/mol. The van der Waals surface area contributed by atoms with Gasteiger partial charge in [-0.3, -0.25) is 4.79 Å². The molecule has 1 aliphatic rings. The van der Waals surface area contributed by atoms with Crippen LogP contribution in [0.2, 0.25) is 0 Å². The Hall–Kier alpha value is -0.820. The Morgan fingerprint density at radius 1 is 1.52 bits per heavy atom. The lowest BCUT2D eigenvalue weighted by Crippen LogP contribution is -2.38. The van der Waals surface area contributed by atoms with Gasteiger partial charge in [0, 0.05) is 36.8 Å². The lowest BCUT2D eigenvalue weighted by atomic mass is 10.2. The number of nitrogens with zero attached hydrogens (tertiary/aromatic N) is 1. The fourth-order valence-electron chi connectivity index (χ4n) is 2.49. The summed E-state index contributed by atoms with van der Waals surface area (Å²) >= 11 is 3.45. The molecule has 0 aromatic heterocycles. The molecule has 1 unspecified atom stereocenters. The van der Waals surface area contributed by atoms with E-state index in [1.54, 1.807) is 19.1 Å². The van der Waals surface area contributed by atoms with Crippen LogP contribution in [0.15, 0.2) is 22.7 Å². The van der Waals surface area contributed by atoms with E-state index in [1.165, 1.54) is 0 Å². The topological polar surface area (TPSA) is 50.8 Å². The van der Waals surface area contributed by atoms with E-state index in [1.807, 2.05) is 18.2 Å². The number of carbonyl (C=O) groups excluding carboxylic acids is 1. The molecule has 1 fully saturated rings. The standard InChI is InChI=1S/C16H23BrN2O3.ClH/c1-19(11-12-8-13(17)5-6-15(12)21-2)16(20)10-18-9-14-4-3-7-22-14;/h5-6,8,14,18H,3-4,7,9-11H2,1-2H3;1H. The SMILES string of the molecule is COc1ccc(Br)cc1CN(C)C(=O)CNCC1CCCO1.Cl. The molecule has 23 heavy (non-hydrogen) atoms. The van der Waals surface area contributed by atoms with Crippen LogP contribution >= 0.6 is 28.3 Å². The first-order chi connectivity index (χ1) is 10.6. The summed E-state index contributed by atoms with van der Waals surface area (Å²) in [7, 11) is 3.44. The van der Waals surface area contributed by atoms with Gasteiger partial charge < -0.3 is 19.7 Å². The van der Waals surface area contributed by atoms with Crippen molar-refractivity contribution in [2.24, 2.45) is 0 Å². The maximum absolute atomic E-state index is 12.2. The number of likely N-dealkylation sites (N-methyl/N-ethyl adjacent to an activating group) is 1. The van der Waals surface area contributed by atoms with E-state index < -0.39 is 0 Å². The molecular formula is C16H24BrClN2O3. The fraction of sp³-hybridized carbons (Fsp3) is 0.562. The molecule has 1 aromatic carbocycles. The molecule has 0 aliphatic carbocycles. The third kappa shape index (κ3) is 6.30. The molecule has 130 valence electrons. The number of hydrogen-bond donors (Lipinski definition) is 1. The molecule has 7 heteroatoms. The molecule has 1 atom stereocenters. The molecule has 0 bridgehead atoms. The second kappa shape index (κ2) is 10.1. The lowest BCUT2D eigenvalue weighted by molar-refractivity contribution is -0.129. The lowest BCUT2D eigenvalue weighted by Gasteiger charge is -2.20. The summed E-state index contributed by atoms with van der Waals surface area (Å²) in [4.78, 5) is 13.9. The largest absolute Gasteiger partial charge is 0.496 e. The zero-order valence-corrected chi connectivity index (χ0v) is 15.9. The van der Waals surface area contributed by atoms with Gasteiger partial charge in [0.05, 0.1) is 19.8 Å². The van der Waals surface area contributed by atoms with Crippen LogP contribution in [0, 0.1) is 0 Å². The number of hydrogen-bond acceptors (Lipinski definition) is 4. The smallest absolute Gasteiger partial charge is 0.236 e. The Morgan fingerprint density at radius 3 is 2.96 bits per heavy atom. The van der Waals surface area contributed by atoms with Crippen LogP contribution in [0.1, 0.15) is 18.4 Å². The molecule has 1 N–H and O–H groups in total. The van der Waals surface area contributed by atoms with Gasteiger partial charge in [-0.1, -0.05) is 15.9 Å². The van der Waals surface area contributed by atoms with E-state index in [0.29, 0.717) is 13.1 Å². The van der Waals surface area contributed by atoms with Crippen molar-refractivity contribution in [3.05, 3.63) is 28.2 Å². The molecule has 0 radical (unpaired) electrons. The predicted molar refractivity (Wildman–Crippen MR) is 96.3 cm³/mol. The summed E-state index contributed by atoms with van der Waals surface area (Å²) in [6.45, 7) is 2.42. The number of nitrogens with one attached hydrogen (secondary N) is 1. The Balaban J connectivity index is 0.00000264. The minimum atomic E-state index is 0. The molecule has 1 amide bonds. The van der Waals surface area contributed by atoms with Crippen LogP contribution < -0.4 is 10.1 Å². The molecular weight excluding hydrogens is 384 g/mol. The number of halogens is 2. The van der Waals surface area contributed by atoms with Gasteiger partial charge in [-0.25, -0.2) is 0 Å². The quantitative estimate of drug-likeness (QED) is 0.755. The Morgan fingerprint density at radius 2 is 2.30 bits per heavy atom. The summed E-state index contributed by atoms with van der Waals surface area (Å²) in [5.74, 6) is 0.843. The highest BCUT2D eigenvalue weighted by atomic mass is 79.9. The van der Waals surface area contributed by atoms with E-state index in [2.05, 4.69) is 21.2 Å². The summed E-state index contributed by atoms with van der Waals surface area (Å²) in [5, 5.41) is 3.18. The van der Waals surface area contributed by atoms with E-state index in [0.717, 1.165) is 41.8 Å². The fourth-order valence-corrected chi connectivity index (χ4v) is 2.90. The van der Waals surface area contributed by atoms with Crippen LogP contribution in [-0.4, -0.2) is 50.8 Å². The highest BCUT2D eigenvalue weighted by Crippen LogP contribution is 2.24. The van der Waals surface area contributed by atoms with Crippen molar-refractivity contribution >= 4 is 34.2 Å². The Labute approximate surface area is 152 Å². The van der Waals surface area contributed by atoms with Crippen LogP contribution in [0.4, 0.5) is 0 Å². The Bertz CT molecular complexity index is 510. The van der Waals surface area contributed by atoms with Crippen molar-refractivity contribution in [2.45, 2.75) is 25.5 Å². The number of benzene rings is 1. The van der Waals surface area contributed by atoms with Gasteiger partial charge in [0.1, 0.15) is 5.75 Å². The number of rotatable bonds is 7. The van der Waals surface area contributed by atoms with Gasteiger partial charge in [0.15, 0.2) is 0 Å². The summed E-state index contributed by atoms with van der Waals surface area (Å²) in [5.41, 5.74) is 0.979. The average molecular weight is 408 g/mol. The number of methoxy groups -OCH3 is 1. The first-order valence-corrected chi connectivity index (χ1v) is 8.28. The van der Waals surface area contributed by atoms with Crippen molar-refractivity contribution in [3.63, 3.8) is 0 Å². The highest BCUT2D eigenvalue weighted by molar-refractivity contribution is 9.10. The minimum Gasteiger partial charge on any atom is -0.496 e. The van der Waals surface area contributed by atoms with Crippen LogP contribution in [0.5, 0.6) is 5.75 Å². The van der Waals surface area contributed by atoms with Gasteiger partial charge in [0.2, 0.25) is 5.91 Å². The van der Waals surface area contributed by atoms with E-state index in [-0.39, 0.29) is 24.4 Å². The number of ether oxygens (including phenoxy) is 2. The maximum atomic E-state index is 12.2. The van der Waals surface area contributed by atoms with Crippen molar-refractivity contribution in [1.82, 2.24) is 10.2 Å². The molecule has 5 nitrogen and oxygen atoms in total. The van der Waals surface area contributed by atoms with Crippen LogP contribution in [0.25, 0.3) is 0 Å². The number of carbonyl (C=O) groups is 1. The zero-order chi connectivity index (χ0) is 15.9. The van der Waals surface area contributed by atoms with Gasteiger partial charge in [-0.05, 0) is 31.0 Å². The third-order valence-corrected chi connectivity index (χ3v) is 4.24. The van der Waals surface area contributed by atoms with Gasteiger partial charge in [-0.15, -0.1) is 12.4 Å². The summed E-state index contributed by atoms with van der Waals surface area (Å²) < 4.78 is 11.8. The van der Waals surface area contributed by atoms with Gasteiger partial charge in [-0.2, -0.15) is 0 Å². The third-order valence-electron chi connectivity index (χ3n) is 3.75. The molecule has 1 aromatic rings. The minimum absolute atomic E-state index is 0. The second-order valence-electron chi connectivity index (χ2n) is 5.47. The average Bonchev–Trinajstić information content (AvgIpc) is 3.00. The van der Waals surface area contributed by atoms with Crippen molar-refractivity contribution < 1.29 is 14.3 Å². The van der Waals surface area contributed by atoms with Gasteiger partial charge >= 0.3 is 0 Å². The summed E-state index contributed by atoms with van der Waals surface area (Å²) in [6.07, 6.45) is 2.44. The van der Waals surface area contributed by atoms with E-state index in [9.17, 15) is 4.79 Å². The first kappa shape index (κ1) is 20.2. The first-order valence-electron chi connectivity index (χ1n) is 7.49. The van der Waals surface area contributed by atoms with Crippen molar-refractivity contribution in [3.8, 4) is 5.75 Å². The molecule has 0 spiro atoms. The molecule has 1 heterocycles. The van der Waals surface area contributed by atoms with Crippen LogP contribution in [-0.2, 0) is 16.1 Å². The zero-order valence-electron chi connectivity index (χ0n) is 13.5. The second-order valence-corrected chi connectivity index (χ2v) is 6.39. The van der Waals surface area contributed by atoms with Crippen LogP contribution in [0.3, 0.4) is 0 Å². The van der Waals surface area contributed by atoms with Crippen molar-refractivity contribution in [1.29, 1.82) is 0 Å². The van der Waals surface area contributed by atoms with Gasteiger partial charge in [0.25, 0.3) is 0 Å². The Kier molecular flexibility index (Phi) is 8.91. The normalized spacial score (nSPS) is 16.7. The molecule has 1 saturated heterocycles. The maximum Gasteiger partial charge on any atom is 0.236 e. The molecule has 0 saturated carbocycles. The highest BCUT2D eigenvalue weighted by Gasteiger charge is 2.16. The van der Waals surface area contributed by atoms with Crippen molar-refractivity contribution in [2.75, 3.05) is 33.9 Å². The predicted octanol–water partition coefficient (Wildman–Crippen LogP) is 2.61.